The molecule has 0 radical (unpaired) electrons. The zero-order valence-electron chi connectivity index (χ0n) is 10.8. The molecule has 0 saturated carbocycles. The standard InChI is InChI=1S/C14H15NO4/c1-17-12-6-5-10(8-13(12)18-2)14(16)15-9-11-4-3-7-19-11/h3-8H,9H2,1-2H3,(H,15,16). The van der Waals surface area contributed by atoms with Crippen molar-refractivity contribution in [3.63, 3.8) is 0 Å². The minimum absolute atomic E-state index is 0.197. The summed E-state index contributed by atoms with van der Waals surface area (Å²) >= 11 is 0. The Morgan fingerprint density at radius 2 is 2.00 bits per heavy atom. The third-order valence-electron chi connectivity index (χ3n) is 2.65. The molecule has 1 aromatic heterocycles. The Kier molecular flexibility index (Phi) is 4.07. The highest BCUT2D eigenvalue weighted by atomic mass is 16.5. The summed E-state index contributed by atoms with van der Waals surface area (Å²) in [5, 5.41) is 2.76. The van der Waals surface area contributed by atoms with E-state index in [-0.39, 0.29) is 5.91 Å². The lowest BCUT2D eigenvalue weighted by Gasteiger charge is -2.09. The van der Waals surface area contributed by atoms with Gasteiger partial charge in [0, 0.05) is 5.56 Å². The number of hydrogen-bond acceptors (Lipinski definition) is 4. The molecule has 0 fully saturated rings. The Bertz CT molecular complexity index is 549. The number of benzene rings is 1. The van der Waals surface area contributed by atoms with Crippen molar-refractivity contribution in [2.24, 2.45) is 0 Å². The molecule has 1 heterocycles. The minimum Gasteiger partial charge on any atom is -0.493 e. The van der Waals surface area contributed by atoms with Crippen LogP contribution in [-0.4, -0.2) is 20.1 Å². The van der Waals surface area contributed by atoms with Crippen LogP contribution in [0.5, 0.6) is 11.5 Å². The number of hydrogen-bond donors (Lipinski definition) is 1. The summed E-state index contributed by atoms with van der Waals surface area (Å²) in [6.07, 6.45) is 1.57. The Hall–Kier alpha value is -2.43. The van der Waals surface area contributed by atoms with Gasteiger partial charge in [0.2, 0.25) is 0 Å². The zero-order chi connectivity index (χ0) is 13.7. The van der Waals surface area contributed by atoms with Crippen molar-refractivity contribution >= 4 is 5.91 Å². The largest absolute Gasteiger partial charge is 0.493 e. The number of carbonyl (C=O) groups is 1. The lowest BCUT2D eigenvalue weighted by Crippen LogP contribution is -2.22. The molecule has 0 aliphatic rings. The first-order chi connectivity index (χ1) is 9.24. The van der Waals surface area contributed by atoms with Crippen LogP contribution in [0.4, 0.5) is 0 Å². The molecule has 0 aliphatic heterocycles. The van der Waals surface area contributed by atoms with E-state index in [2.05, 4.69) is 5.32 Å². The topological polar surface area (TPSA) is 60.7 Å². The lowest BCUT2D eigenvalue weighted by atomic mass is 10.2. The highest BCUT2D eigenvalue weighted by molar-refractivity contribution is 5.94. The van der Waals surface area contributed by atoms with Gasteiger partial charge in [0.15, 0.2) is 11.5 Å². The summed E-state index contributed by atoms with van der Waals surface area (Å²) in [7, 11) is 3.08. The molecule has 5 heteroatoms. The van der Waals surface area contributed by atoms with Crippen molar-refractivity contribution in [1.82, 2.24) is 5.32 Å². The Morgan fingerprint density at radius 1 is 1.21 bits per heavy atom. The summed E-state index contributed by atoms with van der Waals surface area (Å²) < 4.78 is 15.4. The fourth-order valence-corrected chi connectivity index (χ4v) is 1.66. The predicted molar refractivity (Wildman–Crippen MR) is 69.4 cm³/mol. The van der Waals surface area contributed by atoms with Gasteiger partial charge in [-0.25, -0.2) is 0 Å². The molecule has 1 amide bonds. The molecule has 0 aliphatic carbocycles. The maximum absolute atomic E-state index is 12.0. The first kappa shape index (κ1) is 13.0. The average Bonchev–Trinajstić information content (AvgIpc) is 2.97. The van der Waals surface area contributed by atoms with Crippen molar-refractivity contribution in [1.29, 1.82) is 0 Å². The number of furan rings is 1. The van der Waals surface area contributed by atoms with Crippen LogP contribution in [0.25, 0.3) is 0 Å². The second kappa shape index (κ2) is 5.95. The van der Waals surface area contributed by atoms with E-state index < -0.39 is 0 Å². The monoisotopic (exact) mass is 261 g/mol. The van der Waals surface area contributed by atoms with Gasteiger partial charge in [0.05, 0.1) is 27.0 Å². The molecule has 1 N–H and O–H groups in total. The van der Waals surface area contributed by atoms with Crippen LogP contribution in [-0.2, 0) is 6.54 Å². The van der Waals surface area contributed by atoms with E-state index in [9.17, 15) is 4.79 Å². The third kappa shape index (κ3) is 3.07. The third-order valence-corrected chi connectivity index (χ3v) is 2.65. The molecule has 1 aromatic carbocycles. The Balaban J connectivity index is 2.06. The van der Waals surface area contributed by atoms with E-state index in [0.29, 0.717) is 29.4 Å². The van der Waals surface area contributed by atoms with Crippen LogP contribution in [0.3, 0.4) is 0 Å². The summed E-state index contributed by atoms with van der Waals surface area (Å²) in [5.41, 5.74) is 0.504. The van der Waals surface area contributed by atoms with Gasteiger partial charge in [-0.2, -0.15) is 0 Å². The van der Waals surface area contributed by atoms with Gasteiger partial charge in [-0.05, 0) is 30.3 Å². The molecule has 0 spiro atoms. The highest BCUT2D eigenvalue weighted by Gasteiger charge is 2.10. The van der Waals surface area contributed by atoms with Crippen LogP contribution in [0.15, 0.2) is 41.0 Å². The molecule has 5 nitrogen and oxygen atoms in total. The van der Waals surface area contributed by atoms with Gasteiger partial charge in [0.1, 0.15) is 5.76 Å². The van der Waals surface area contributed by atoms with Gasteiger partial charge < -0.3 is 19.2 Å². The summed E-state index contributed by atoms with van der Waals surface area (Å²) in [6, 6.07) is 8.59. The number of nitrogens with one attached hydrogen (secondary N) is 1. The summed E-state index contributed by atoms with van der Waals surface area (Å²) in [4.78, 5) is 12.0. The zero-order valence-corrected chi connectivity index (χ0v) is 10.8. The molecule has 0 saturated heterocycles. The second-order valence-corrected chi connectivity index (χ2v) is 3.83. The first-order valence-electron chi connectivity index (χ1n) is 5.77. The maximum atomic E-state index is 12.0. The molecule has 0 atom stereocenters. The van der Waals surface area contributed by atoms with Crippen molar-refractivity contribution in [3.05, 3.63) is 47.9 Å². The van der Waals surface area contributed by atoms with Gasteiger partial charge in [-0.3, -0.25) is 4.79 Å². The van der Waals surface area contributed by atoms with Gasteiger partial charge in [-0.15, -0.1) is 0 Å². The molecular formula is C14H15NO4. The van der Waals surface area contributed by atoms with Crippen LogP contribution in [0, 0.1) is 0 Å². The molecule has 2 aromatic rings. The minimum atomic E-state index is -0.197. The Labute approximate surface area is 111 Å². The molecule has 2 rings (SSSR count). The number of carbonyl (C=O) groups excluding carboxylic acids is 1. The summed E-state index contributed by atoms with van der Waals surface area (Å²) in [6.45, 7) is 0.347. The van der Waals surface area contributed by atoms with E-state index in [1.165, 1.54) is 7.11 Å². The quantitative estimate of drug-likeness (QED) is 0.896. The molecule has 0 bridgehead atoms. The molecule has 0 unspecified atom stereocenters. The second-order valence-electron chi connectivity index (χ2n) is 3.83. The summed E-state index contributed by atoms with van der Waals surface area (Å²) in [5.74, 6) is 1.62. The fourth-order valence-electron chi connectivity index (χ4n) is 1.66. The average molecular weight is 261 g/mol. The van der Waals surface area contributed by atoms with Crippen molar-refractivity contribution < 1.29 is 18.7 Å². The molecule has 100 valence electrons. The molecular weight excluding hydrogens is 246 g/mol. The van der Waals surface area contributed by atoms with Crippen molar-refractivity contribution in [2.75, 3.05) is 14.2 Å². The fraction of sp³-hybridized carbons (Fsp3) is 0.214. The van der Waals surface area contributed by atoms with Crippen LogP contribution in [0.2, 0.25) is 0 Å². The van der Waals surface area contributed by atoms with Crippen LogP contribution >= 0.6 is 0 Å². The first-order valence-corrected chi connectivity index (χ1v) is 5.77. The predicted octanol–water partition coefficient (Wildman–Crippen LogP) is 2.23. The van der Waals surface area contributed by atoms with E-state index in [1.54, 1.807) is 43.7 Å². The van der Waals surface area contributed by atoms with Crippen molar-refractivity contribution in [3.8, 4) is 11.5 Å². The SMILES string of the molecule is COc1ccc(C(=O)NCc2ccco2)cc1OC. The van der Waals surface area contributed by atoms with Crippen LogP contribution < -0.4 is 14.8 Å². The molecule has 19 heavy (non-hydrogen) atoms. The van der Waals surface area contributed by atoms with Crippen LogP contribution in [0.1, 0.15) is 16.1 Å². The number of methoxy groups -OCH3 is 2. The van der Waals surface area contributed by atoms with Gasteiger partial charge >= 0.3 is 0 Å². The van der Waals surface area contributed by atoms with E-state index >= 15 is 0 Å². The smallest absolute Gasteiger partial charge is 0.251 e. The van der Waals surface area contributed by atoms with E-state index in [4.69, 9.17) is 13.9 Å². The number of rotatable bonds is 5. The van der Waals surface area contributed by atoms with E-state index in [0.717, 1.165) is 0 Å². The van der Waals surface area contributed by atoms with Gasteiger partial charge in [0.25, 0.3) is 5.91 Å². The van der Waals surface area contributed by atoms with E-state index in [1.807, 2.05) is 0 Å². The van der Waals surface area contributed by atoms with Gasteiger partial charge in [-0.1, -0.05) is 0 Å². The Morgan fingerprint density at radius 3 is 2.63 bits per heavy atom. The normalized spacial score (nSPS) is 10.0. The number of amides is 1. The highest BCUT2D eigenvalue weighted by Crippen LogP contribution is 2.27. The lowest BCUT2D eigenvalue weighted by molar-refractivity contribution is 0.0947. The number of ether oxygens (including phenoxy) is 2. The maximum Gasteiger partial charge on any atom is 0.251 e. The van der Waals surface area contributed by atoms with Crippen molar-refractivity contribution in [2.45, 2.75) is 6.54 Å².